The first-order valence-electron chi connectivity index (χ1n) is 5.10. The lowest BCUT2D eigenvalue weighted by Gasteiger charge is -2.26. The summed E-state index contributed by atoms with van der Waals surface area (Å²) in [6.07, 6.45) is 6.76. The molecule has 0 bridgehead atoms. The van der Waals surface area contributed by atoms with E-state index < -0.39 is 11.4 Å². The molecule has 0 aliphatic heterocycles. The Morgan fingerprint density at radius 1 is 1.53 bits per heavy atom. The zero-order valence-electron chi connectivity index (χ0n) is 8.35. The highest BCUT2D eigenvalue weighted by Crippen LogP contribution is 2.27. The van der Waals surface area contributed by atoms with E-state index in [0.717, 1.165) is 6.54 Å². The second-order valence-electron chi connectivity index (χ2n) is 4.02. The van der Waals surface area contributed by atoms with Crippen molar-refractivity contribution in [1.29, 1.82) is 0 Å². The fraction of sp³-hybridized carbons (Fsp3) is 0.455. The van der Waals surface area contributed by atoms with Crippen LogP contribution in [-0.2, 0) is 6.54 Å². The smallest absolute Gasteiger partial charge is 0.341 e. The molecule has 0 aromatic carbocycles. The normalized spacial score (nSPS) is 16.0. The summed E-state index contributed by atoms with van der Waals surface area (Å²) in [6.45, 7) is 0.820. The second kappa shape index (κ2) is 3.88. The molecular weight excluding hydrogens is 194 g/mol. The van der Waals surface area contributed by atoms with E-state index >= 15 is 0 Å². The molecule has 1 aliphatic rings. The predicted octanol–water partition coefficient (Wildman–Crippen LogP) is 1.35. The van der Waals surface area contributed by atoms with Gasteiger partial charge in [-0.15, -0.1) is 0 Å². The van der Waals surface area contributed by atoms with Crippen LogP contribution in [0.5, 0.6) is 0 Å². The van der Waals surface area contributed by atoms with Gasteiger partial charge in [0.25, 0.3) is 0 Å². The molecule has 1 fully saturated rings. The molecule has 1 saturated carbocycles. The third-order valence-electron chi connectivity index (χ3n) is 2.90. The maximum Gasteiger partial charge on any atom is 0.341 e. The molecule has 2 rings (SSSR count). The summed E-state index contributed by atoms with van der Waals surface area (Å²) in [5.41, 5.74) is -0.566. The molecule has 1 heterocycles. The summed E-state index contributed by atoms with van der Waals surface area (Å²) in [6, 6.07) is 1.32. The number of carboxylic acids is 1. The van der Waals surface area contributed by atoms with Gasteiger partial charge < -0.3 is 9.67 Å². The Balaban J connectivity index is 2.21. The minimum absolute atomic E-state index is 0.142. The molecule has 0 unspecified atom stereocenters. The van der Waals surface area contributed by atoms with Crippen LogP contribution >= 0.6 is 0 Å². The van der Waals surface area contributed by atoms with Gasteiger partial charge in [-0.2, -0.15) is 0 Å². The van der Waals surface area contributed by atoms with Crippen LogP contribution in [0.15, 0.2) is 23.3 Å². The van der Waals surface area contributed by atoms with E-state index in [4.69, 9.17) is 5.11 Å². The maximum absolute atomic E-state index is 11.2. The van der Waals surface area contributed by atoms with Gasteiger partial charge in [-0.25, -0.2) is 4.79 Å². The Morgan fingerprint density at radius 3 is 2.80 bits per heavy atom. The lowest BCUT2D eigenvalue weighted by molar-refractivity contribution is 0.0694. The van der Waals surface area contributed by atoms with Crippen LogP contribution in [0, 0.1) is 5.92 Å². The summed E-state index contributed by atoms with van der Waals surface area (Å²) in [7, 11) is 0. The number of aromatic nitrogens is 1. The average Bonchev–Trinajstić information content (AvgIpc) is 2.13. The molecule has 0 spiro atoms. The summed E-state index contributed by atoms with van der Waals surface area (Å²) >= 11 is 0. The first-order valence-corrected chi connectivity index (χ1v) is 5.10. The monoisotopic (exact) mass is 207 g/mol. The highest BCUT2D eigenvalue weighted by atomic mass is 16.4. The third kappa shape index (κ3) is 2.09. The molecule has 0 amide bonds. The predicted molar refractivity (Wildman–Crippen MR) is 55.0 cm³/mol. The van der Waals surface area contributed by atoms with Gasteiger partial charge in [0.05, 0.1) is 0 Å². The van der Waals surface area contributed by atoms with E-state index in [1.807, 2.05) is 0 Å². The van der Waals surface area contributed by atoms with Crippen molar-refractivity contribution >= 4 is 5.97 Å². The van der Waals surface area contributed by atoms with Crippen molar-refractivity contribution < 1.29 is 9.90 Å². The van der Waals surface area contributed by atoms with Gasteiger partial charge in [-0.3, -0.25) is 4.79 Å². The van der Waals surface area contributed by atoms with Crippen molar-refractivity contribution in [2.45, 2.75) is 25.8 Å². The molecule has 15 heavy (non-hydrogen) atoms. The SMILES string of the molecule is O=C(O)c1cn(CC2CCC2)ccc1=O. The van der Waals surface area contributed by atoms with Gasteiger partial charge in [0.2, 0.25) is 0 Å². The van der Waals surface area contributed by atoms with E-state index in [2.05, 4.69) is 0 Å². The zero-order chi connectivity index (χ0) is 10.8. The van der Waals surface area contributed by atoms with Crippen molar-refractivity contribution in [3.05, 3.63) is 34.2 Å². The van der Waals surface area contributed by atoms with Gasteiger partial charge in [-0.05, 0) is 18.8 Å². The third-order valence-corrected chi connectivity index (χ3v) is 2.90. The minimum atomic E-state index is -1.15. The molecule has 80 valence electrons. The molecule has 1 aliphatic carbocycles. The van der Waals surface area contributed by atoms with E-state index in [0.29, 0.717) is 5.92 Å². The Bertz CT molecular complexity index is 432. The van der Waals surface area contributed by atoms with Crippen LogP contribution < -0.4 is 5.43 Å². The quantitative estimate of drug-likeness (QED) is 0.813. The number of aromatic carboxylic acids is 1. The van der Waals surface area contributed by atoms with Crippen LogP contribution in [-0.4, -0.2) is 15.6 Å². The summed E-state index contributed by atoms with van der Waals surface area (Å²) < 4.78 is 1.80. The van der Waals surface area contributed by atoms with Gasteiger partial charge in [-0.1, -0.05) is 6.42 Å². The molecule has 0 atom stereocenters. The molecule has 0 radical (unpaired) electrons. The zero-order valence-corrected chi connectivity index (χ0v) is 8.35. The molecule has 1 aromatic heterocycles. The molecular formula is C11H13NO3. The number of nitrogens with zero attached hydrogens (tertiary/aromatic N) is 1. The number of carbonyl (C=O) groups is 1. The first kappa shape index (κ1) is 9.96. The van der Waals surface area contributed by atoms with Gasteiger partial charge >= 0.3 is 5.97 Å². The van der Waals surface area contributed by atoms with Crippen molar-refractivity contribution in [1.82, 2.24) is 4.57 Å². The Labute approximate surface area is 87.2 Å². The standard InChI is InChI=1S/C11H13NO3/c13-10-4-5-12(6-8-2-1-3-8)7-9(10)11(14)15/h4-5,7-8H,1-3,6H2,(H,14,15). The van der Waals surface area contributed by atoms with E-state index in [9.17, 15) is 9.59 Å². The number of rotatable bonds is 3. The Kier molecular flexibility index (Phi) is 2.58. The average molecular weight is 207 g/mol. The lowest BCUT2D eigenvalue weighted by Crippen LogP contribution is -2.21. The molecule has 4 heteroatoms. The van der Waals surface area contributed by atoms with Crippen LogP contribution in [0.2, 0.25) is 0 Å². The molecule has 0 saturated heterocycles. The number of pyridine rings is 1. The van der Waals surface area contributed by atoms with Crippen molar-refractivity contribution in [3.8, 4) is 0 Å². The van der Waals surface area contributed by atoms with Crippen LogP contribution in [0.25, 0.3) is 0 Å². The maximum atomic E-state index is 11.2. The van der Waals surface area contributed by atoms with Crippen molar-refractivity contribution in [2.24, 2.45) is 5.92 Å². The van der Waals surface area contributed by atoms with Crippen LogP contribution in [0.1, 0.15) is 29.6 Å². The molecule has 1 aromatic rings. The highest BCUT2D eigenvalue weighted by Gasteiger charge is 2.18. The van der Waals surface area contributed by atoms with E-state index in [-0.39, 0.29) is 5.56 Å². The van der Waals surface area contributed by atoms with Crippen LogP contribution in [0.4, 0.5) is 0 Å². The van der Waals surface area contributed by atoms with Gasteiger partial charge in [0, 0.05) is 25.0 Å². The highest BCUT2D eigenvalue weighted by molar-refractivity contribution is 5.86. The Morgan fingerprint density at radius 2 is 2.27 bits per heavy atom. The second-order valence-corrected chi connectivity index (χ2v) is 4.02. The van der Waals surface area contributed by atoms with E-state index in [1.54, 1.807) is 10.8 Å². The van der Waals surface area contributed by atoms with Crippen molar-refractivity contribution in [2.75, 3.05) is 0 Å². The topological polar surface area (TPSA) is 59.3 Å². The summed E-state index contributed by atoms with van der Waals surface area (Å²) in [5.74, 6) is -0.503. The summed E-state index contributed by atoms with van der Waals surface area (Å²) in [4.78, 5) is 21.9. The largest absolute Gasteiger partial charge is 0.477 e. The minimum Gasteiger partial charge on any atom is -0.477 e. The molecule has 1 N–H and O–H groups in total. The summed E-state index contributed by atoms with van der Waals surface area (Å²) in [5, 5.41) is 8.78. The lowest BCUT2D eigenvalue weighted by atomic mass is 9.85. The van der Waals surface area contributed by atoms with Gasteiger partial charge in [0.15, 0.2) is 5.43 Å². The number of hydrogen-bond donors (Lipinski definition) is 1. The fourth-order valence-corrected chi connectivity index (χ4v) is 1.77. The van der Waals surface area contributed by atoms with Gasteiger partial charge in [0.1, 0.15) is 5.56 Å². The molecule has 4 nitrogen and oxygen atoms in total. The van der Waals surface area contributed by atoms with Crippen molar-refractivity contribution in [3.63, 3.8) is 0 Å². The fourth-order valence-electron chi connectivity index (χ4n) is 1.77. The van der Waals surface area contributed by atoms with E-state index in [1.165, 1.54) is 31.5 Å². The number of hydrogen-bond acceptors (Lipinski definition) is 2. The first-order chi connectivity index (χ1) is 7.16. The van der Waals surface area contributed by atoms with Crippen LogP contribution in [0.3, 0.4) is 0 Å². The number of carboxylic acid groups (broad SMARTS) is 1. The Hall–Kier alpha value is -1.58.